The number of nitrogens with one attached hydrogen (secondary N) is 2. The third-order valence-electron chi connectivity index (χ3n) is 1.34. The molecule has 0 aromatic carbocycles. The van der Waals surface area contributed by atoms with E-state index in [2.05, 4.69) is 15.3 Å². The number of H-pyrrole nitrogens is 1. The zero-order chi connectivity index (χ0) is 10.0. The summed E-state index contributed by atoms with van der Waals surface area (Å²) in [6.07, 6.45) is 0. The Kier molecular flexibility index (Phi) is 2.52. The monoisotopic (exact) mass is 202 g/mol. The molecule has 6 nitrogen and oxygen atoms in total. The molecule has 0 aliphatic carbocycles. The minimum Gasteiger partial charge on any atom is -0.383 e. The lowest BCUT2D eigenvalue weighted by molar-refractivity contribution is 0.0959. The van der Waals surface area contributed by atoms with E-state index in [0.29, 0.717) is 0 Å². The molecule has 0 saturated heterocycles. The van der Waals surface area contributed by atoms with Gasteiger partial charge >= 0.3 is 0 Å². The Bertz CT molecular complexity index is 400. The van der Waals surface area contributed by atoms with Gasteiger partial charge in [0, 0.05) is 7.05 Å². The highest BCUT2D eigenvalue weighted by molar-refractivity contribution is 6.29. The van der Waals surface area contributed by atoms with Crippen molar-refractivity contribution in [1.29, 1.82) is 0 Å². The lowest BCUT2D eigenvalue weighted by atomic mass is 10.4. The van der Waals surface area contributed by atoms with Gasteiger partial charge in [-0.05, 0) is 0 Å². The van der Waals surface area contributed by atoms with E-state index in [9.17, 15) is 9.59 Å². The van der Waals surface area contributed by atoms with E-state index < -0.39 is 11.5 Å². The Balaban J connectivity index is 3.31. The van der Waals surface area contributed by atoms with Gasteiger partial charge in [0.15, 0.2) is 10.8 Å². The molecule has 0 spiro atoms. The fourth-order valence-electron chi connectivity index (χ4n) is 0.734. The number of rotatable bonds is 1. The molecular formula is C6H7ClN4O2. The van der Waals surface area contributed by atoms with Crippen molar-refractivity contribution in [3.8, 4) is 0 Å². The minimum atomic E-state index is -0.619. The largest absolute Gasteiger partial charge is 0.383 e. The van der Waals surface area contributed by atoms with Crippen molar-refractivity contribution in [1.82, 2.24) is 15.3 Å². The first-order valence-corrected chi connectivity index (χ1v) is 3.71. The van der Waals surface area contributed by atoms with E-state index in [1.54, 1.807) is 0 Å². The summed E-state index contributed by atoms with van der Waals surface area (Å²) in [5.74, 6) is -0.607. The van der Waals surface area contributed by atoms with Crippen molar-refractivity contribution in [2.45, 2.75) is 0 Å². The number of nitrogens with zero attached hydrogens (tertiary/aromatic N) is 1. The second-order valence-corrected chi connectivity index (χ2v) is 2.56. The lowest BCUT2D eigenvalue weighted by Gasteiger charge is -2.01. The van der Waals surface area contributed by atoms with Crippen molar-refractivity contribution in [3.05, 3.63) is 21.2 Å². The lowest BCUT2D eigenvalue weighted by Crippen LogP contribution is -2.24. The maximum absolute atomic E-state index is 11.1. The van der Waals surface area contributed by atoms with Crippen LogP contribution in [0.3, 0.4) is 0 Å². The van der Waals surface area contributed by atoms with Gasteiger partial charge in [-0.3, -0.25) is 9.59 Å². The number of nitrogen functional groups attached to an aromatic ring is 1. The third kappa shape index (κ3) is 1.78. The molecule has 13 heavy (non-hydrogen) atoms. The van der Waals surface area contributed by atoms with Gasteiger partial charge in [-0.2, -0.15) is 0 Å². The Morgan fingerprint density at radius 3 is 2.85 bits per heavy atom. The van der Waals surface area contributed by atoms with Crippen LogP contribution < -0.4 is 16.6 Å². The number of carbonyl (C=O) groups excluding carboxylic acids is 1. The second-order valence-electron chi connectivity index (χ2n) is 2.20. The van der Waals surface area contributed by atoms with Crippen LogP contribution in [-0.4, -0.2) is 22.9 Å². The molecule has 0 radical (unpaired) electrons. The molecule has 1 aromatic rings. The van der Waals surface area contributed by atoms with Gasteiger partial charge < -0.3 is 16.0 Å². The predicted octanol–water partition coefficient (Wildman–Crippen LogP) is -0.635. The van der Waals surface area contributed by atoms with Crippen LogP contribution in [0, 0.1) is 0 Å². The summed E-state index contributed by atoms with van der Waals surface area (Å²) < 4.78 is 0. The van der Waals surface area contributed by atoms with E-state index >= 15 is 0 Å². The molecule has 0 aliphatic rings. The number of carbonyl (C=O) groups is 1. The van der Waals surface area contributed by atoms with E-state index in [-0.39, 0.29) is 16.7 Å². The number of halogens is 1. The fourth-order valence-corrected chi connectivity index (χ4v) is 0.865. The zero-order valence-corrected chi connectivity index (χ0v) is 7.47. The van der Waals surface area contributed by atoms with Gasteiger partial charge in [0.1, 0.15) is 5.82 Å². The van der Waals surface area contributed by atoms with Crippen LogP contribution in [0.2, 0.25) is 5.15 Å². The molecule has 0 atom stereocenters. The van der Waals surface area contributed by atoms with Crippen LogP contribution in [0.25, 0.3) is 0 Å². The van der Waals surface area contributed by atoms with Crippen LogP contribution in [0.1, 0.15) is 10.5 Å². The normalized spacial score (nSPS) is 9.69. The Hall–Kier alpha value is -1.56. The van der Waals surface area contributed by atoms with Gasteiger partial charge in [0.05, 0.1) is 0 Å². The maximum Gasteiger partial charge on any atom is 0.287 e. The van der Waals surface area contributed by atoms with Gasteiger partial charge in [0.2, 0.25) is 0 Å². The van der Waals surface area contributed by atoms with Crippen molar-refractivity contribution in [3.63, 3.8) is 0 Å². The predicted molar refractivity (Wildman–Crippen MR) is 47.7 cm³/mol. The standard InChI is InChI=1S/C6H7ClN4O2/c1-9-5(12)2-4(8)11-6(13)3(7)10-2/h1H3,(H,9,12)(H3,8,11,13). The first kappa shape index (κ1) is 9.53. The van der Waals surface area contributed by atoms with Crippen LogP contribution in [0.15, 0.2) is 4.79 Å². The van der Waals surface area contributed by atoms with Crippen LogP contribution in [0.4, 0.5) is 5.82 Å². The number of aromatic nitrogens is 2. The summed E-state index contributed by atoms with van der Waals surface area (Å²) in [5, 5.41) is 1.99. The second kappa shape index (κ2) is 3.44. The van der Waals surface area contributed by atoms with Crippen molar-refractivity contribution < 1.29 is 4.79 Å². The molecule has 4 N–H and O–H groups in total. The van der Waals surface area contributed by atoms with Gasteiger partial charge in [-0.1, -0.05) is 11.6 Å². The molecule has 1 rings (SSSR count). The summed E-state index contributed by atoms with van der Waals surface area (Å²) in [6.45, 7) is 0. The molecule has 0 bridgehead atoms. The molecular weight excluding hydrogens is 196 g/mol. The molecule has 1 amide bonds. The highest BCUT2D eigenvalue weighted by atomic mass is 35.5. The quantitative estimate of drug-likeness (QED) is 0.564. The molecule has 0 saturated carbocycles. The van der Waals surface area contributed by atoms with Crippen LogP contribution in [0.5, 0.6) is 0 Å². The van der Waals surface area contributed by atoms with E-state index in [4.69, 9.17) is 17.3 Å². The summed E-state index contributed by atoms with van der Waals surface area (Å²) in [7, 11) is 1.42. The van der Waals surface area contributed by atoms with Gasteiger partial charge in [-0.15, -0.1) is 0 Å². The van der Waals surface area contributed by atoms with Gasteiger partial charge in [-0.25, -0.2) is 4.98 Å². The van der Waals surface area contributed by atoms with Crippen molar-refractivity contribution >= 4 is 23.3 Å². The first-order valence-electron chi connectivity index (χ1n) is 3.33. The maximum atomic E-state index is 11.1. The number of amides is 1. The number of hydrogen-bond donors (Lipinski definition) is 3. The number of aromatic amines is 1. The van der Waals surface area contributed by atoms with Gasteiger partial charge in [0.25, 0.3) is 11.5 Å². The Labute approximate surface area is 78.1 Å². The summed E-state index contributed by atoms with van der Waals surface area (Å²) in [4.78, 5) is 27.6. The third-order valence-corrected chi connectivity index (χ3v) is 1.60. The minimum absolute atomic E-state index is 0.0906. The average Bonchev–Trinajstić information content (AvgIpc) is 2.10. The van der Waals surface area contributed by atoms with E-state index in [1.807, 2.05) is 0 Å². The molecule has 70 valence electrons. The molecule has 0 unspecified atom stereocenters. The summed E-state index contributed by atoms with van der Waals surface area (Å²) >= 11 is 5.40. The molecule has 7 heteroatoms. The number of hydrogen-bond acceptors (Lipinski definition) is 4. The zero-order valence-electron chi connectivity index (χ0n) is 6.72. The number of anilines is 1. The molecule has 1 heterocycles. The molecule has 1 aromatic heterocycles. The SMILES string of the molecule is CNC(=O)c1nc(Cl)c(=O)[nH]c1N. The molecule has 0 fully saturated rings. The Morgan fingerprint density at radius 2 is 2.31 bits per heavy atom. The average molecular weight is 203 g/mol. The smallest absolute Gasteiger partial charge is 0.287 e. The first-order chi connectivity index (χ1) is 6.06. The van der Waals surface area contributed by atoms with Crippen molar-refractivity contribution in [2.24, 2.45) is 0 Å². The highest BCUT2D eigenvalue weighted by Crippen LogP contribution is 2.05. The van der Waals surface area contributed by atoms with E-state index in [1.165, 1.54) is 7.05 Å². The highest BCUT2D eigenvalue weighted by Gasteiger charge is 2.12. The van der Waals surface area contributed by atoms with Crippen LogP contribution >= 0.6 is 11.6 Å². The molecule has 0 aliphatic heterocycles. The fraction of sp³-hybridized carbons (Fsp3) is 0.167. The topological polar surface area (TPSA) is 101 Å². The summed E-state index contributed by atoms with van der Waals surface area (Å²) in [5.41, 5.74) is 4.62. The number of nitrogens with two attached hydrogens (primary N) is 1. The Morgan fingerprint density at radius 1 is 1.69 bits per heavy atom. The van der Waals surface area contributed by atoms with E-state index in [0.717, 1.165) is 0 Å². The van der Waals surface area contributed by atoms with Crippen molar-refractivity contribution in [2.75, 3.05) is 12.8 Å². The summed E-state index contributed by atoms with van der Waals surface area (Å²) in [6, 6.07) is 0. The van der Waals surface area contributed by atoms with Crippen LogP contribution in [-0.2, 0) is 0 Å².